The van der Waals surface area contributed by atoms with E-state index < -0.39 is 0 Å². The fourth-order valence-corrected chi connectivity index (χ4v) is 3.17. The van der Waals surface area contributed by atoms with Crippen LogP contribution < -0.4 is 5.32 Å². The third kappa shape index (κ3) is 5.07. The molecule has 1 aliphatic carbocycles. The van der Waals surface area contributed by atoms with Crippen LogP contribution in [0.25, 0.3) is 0 Å². The highest BCUT2D eigenvalue weighted by Crippen LogP contribution is 2.32. The van der Waals surface area contributed by atoms with Gasteiger partial charge in [-0.15, -0.1) is 0 Å². The molecular weight excluding hydrogens is 218 g/mol. The van der Waals surface area contributed by atoms with Gasteiger partial charge in [0.1, 0.15) is 0 Å². The number of hydrogen-bond donors (Lipinski definition) is 1. The average Bonchev–Trinajstić information content (AvgIpc) is 2.76. The van der Waals surface area contributed by atoms with E-state index in [1.807, 2.05) is 11.8 Å². The Bertz CT molecular complexity index is 169. The smallest absolute Gasteiger partial charge is 0.0479 e. The summed E-state index contributed by atoms with van der Waals surface area (Å²) in [6, 6.07) is 0. The maximum absolute atomic E-state index is 5.23. The Kier molecular flexibility index (Phi) is 7.50. The van der Waals surface area contributed by atoms with Crippen LogP contribution >= 0.6 is 11.8 Å². The van der Waals surface area contributed by atoms with Gasteiger partial charge in [-0.25, -0.2) is 0 Å². The van der Waals surface area contributed by atoms with Crippen molar-refractivity contribution in [3.63, 3.8) is 0 Å². The maximum atomic E-state index is 5.23. The average molecular weight is 245 g/mol. The minimum absolute atomic E-state index is 0.410. The van der Waals surface area contributed by atoms with Gasteiger partial charge in [0, 0.05) is 19.3 Å². The highest BCUT2D eigenvalue weighted by atomic mass is 32.2. The third-order valence-electron chi connectivity index (χ3n) is 3.51. The van der Waals surface area contributed by atoms with Gasteiger partial charge in [-0.05, 0) is 43.7 Å². The molecule has 0 bridgehead atoms. The predicted octanol–water partition coefficient (Wildman–Crippen LogP) is 3.07. The number of rotatable bonds is 9. The summed E-state index contributed by atoms with van der Waals surface area (Å²) in [5.74, 6) is 2.54. The molecule has 0 radical (unpaired) electrons. The Balaban J connectivity index is 2.17. The molecule has 0 saturated heterocycles. The van der Waals surface area contributed by atoms with Gasteiger partial charge in [0.25, 0.3) is 0 Å². The summed E-state index contributed by atoms with van der Waals surface area (Å²) in [5, 5.41) is 3.80. The van der Waals surface area contributed by atoms with Crippen LogP contribution in [0.3, 0.4) is 0 Å². The molecule has 0 aromatic heterocycles. The molecule has 0 spiro atoms. The van der Waals surface area contributed by atoms with E-state index in [0.29, 0.717) is 5.54 Å². The third-order valence-corrected chi connectivity index (χ3v) is 4.50. The molecule has 1 fully saturated rings. The lowest BCUT2D eigenvalue weighted by molar-refractivity contribution is 0.155. The van der Waals surface area contributed by atoms with Crippen LogP contribution in [-0.4, -0.2) is 37.3 Å². The maximum Gasteiger partial charge on any atom is 0.0479 e. The number of nitrogens with one attached hydrogen (secondary N) is 1. The fraction of sp³-hybridized carbons (Fsp3) is 1.00. The van der Waals surface area contributed by atoms with Gasteiger partial charge in [-0.3, -0.25) is 0 Å². The van der Waals surface area contributed by atoms with Crippen molar-refractivity contribution in [1.29, 1.82) is 0 Å². The second-order valence-electron chi connectivity index (χ2n) is 4.71. The number of hydrogen-bond acceptors (Lipinski definition) is 3. The lowest BCUT2D eigenvalue weighted by Gasteiger charge is -2.30. The zero-order valence-corrected chi connectivity index (χ0v) is 11.7. The van der Waals surface area contributed by atoms with Gasteiger partial charge in [0.2, 0.25) is 0 Å². The van der Waals surface area contributed by atoms with Crippen molar-refractivity contribution in [1.82, 2.24) is 5.32 Å². The first kappa shape index (κ1) is 14.3. The molecule has 1 N–H and O–H groups in total. The number of ether oxygens (including phenoxy) is 1. The summed E-state index contributed by atoms with van der Waals surface area (Å²) < 4.78 is 5.23. The lowest BCUT2D eigenvalue weighted by atomic mass is 9.93. The minimum atomic E-state index is 0.410. The molecule has 3 heteroatoms. The molecule has 16 heavy (non-hydrogen) atoms. The van der Waals surface area contributed by atoms with Crippen LogP contribution in [0.1, 0.15) is 45.4 Å². The van der Waals surface area contributed by atoms with E-state index in [4.69, 9.17) is 4.74 Å². The fourth-order valence-electron chi connectivity index (χ4n) is 2.54. The van der Waals surface area contributed by atoms with Crippen LogP contribution in [0.5, 0.6) is 0 Å². The SMILES string of the molecule is CCSCCCNC1(CCOC)CCCC1. The molecule has 1 rings (SSSR count). The quantitative estimate of drug-likeness (QED) is 0.631. The topological polar surface area (TPSA) is 21.3 Å². The van der Waals surface area contributed by atoms with Crippen LogP contribution in [-0.2, 0) is 4.74 Å². The van der Waals surface area contributed by atoms with Gasteiger partial charge in [-0.2, -0.15) is 11.8 Å². The van der Waals surface area contributed by atoms with Gasteiger partial charge in [0.05, 0.1) is 0 Å². The first-order chi connectivity index (χ1) is 7.83. The van der Waals surface area contributed by atoms with E-state index in [0.717, 1.165) is 6.61 Å². The Labute approximate surface area is 105 Å². The molecule has 0 heterocycles. The molecule has 0 unspecified atom stereocenters. The van der Waals surface area contributed by atoms with Crippen LogP contribution in [0, 0.1) is 0 Å². The molecule has 0 aliphatic heterocycles. The molecule has 0 atom stereocenters. The molecule has 0 amide bonds. The summed E-state index contributed by atoms with van der Waals surface area (Å²) >= 11 is 2.04. The normalized spacial score (nSPS) is 19.1. The first-order valence-electron chi connectivity index (χ1n) is 6.65. The number of methoxy groups -OCH3 is 1. The summed E-state index contributed by atoms with van der Waals surface area (Å²) in [6.07, 6.45) is 7.95. The molecule has 1 aliphatic rings. The van der Waals surface area contributed by atoms with Gasteiger partial charge in [0.15, 0.2) is 0 Å². The first-order valence-corrected chi connectivity index (χ1v) is 7.80. The van der Waals surface area contributed by atoms with E-state index >= 15 is 0 Å². The Morgan fingerprint density at radius 1 is 1.31 bits per heavy atom. The number of thioether (sulfide) groups is 1. The highest BCUT2D eigenvalue weighted by Gasteiger charge is 2.32. The van der Waals surface area contributed by atoms with Crippen molar-refractivity contribution in [2.24, 2.45) is 0 Å². The summed E-state index contributed by atoms with van der Waals surface area (Å²) in [4.78, 5) is 0. The molecule has 0 aromatic rings. The van der Waals surface area contributed by atoms with E-state index in [2.05, 4.69) is 12.2 Å². The van der Waals surface area contributed by atoms with Crippen molar-refractivity contribution in [2.45, 2.75) is 51.0 Å². The van der Waals surface area contributed by atoms with Crippen molar-refractivity contribution in [3.8, 4) is 0 Å². The van der Waals surface area contributed by atoms with E-state index in [-0.39, 0.29) is 0 Å². The Morgan fingerprint density at radius 3 is 2.69 bits per heavy atom. The predicted molar refractivity (Wildman–Crippen MR) is 73.3 cm³/mol. The zero-order valence-electron chi connectivity index (χ0n) is 10.9. The van der Waals surface area contributed by atoms with Crippen LogP contribution in [0.4, 0.5) is 0 Å². The van der Waals surface area contributed by atoms with E-state index in [9.17, 15) is 0 Å². The second kappa shape index (κ2) is 8.37. The van der Waals surface area contributed by atoms with Crippen LogP contribution in [0.2, 0.25) is 0 Å². The summed E-state index contributed by atoms with van der Waals surface area (Å²) in [7, 11) is 1.81. The Hall–Kier alpha value is 0.270. The minimum Gasteiger partial charge on any atom is -0.385 e. The molecular formula is C13H27NOS. The largest absolute Gasteiger partial charge is 0.385 e. The van der Waals surface area contributed by atoms with E-state index in [1.54, 1.807) is 7.11 Å². The molecule has 2 nitrogen and oxygen atoms in total. The highest BCUT2D eigenvalue weighted by molar-refractivity contribution is 7.99. The standard InChI is InChI=1S/C13H27NOS/c1-3-16-12-6-10-14-13(9-11-15-2)7-4-5-8-13/h14H,3-12H2,1-2H3. The van der Waals surface area contributed by atoms with Gasteiger partial charge >= 0.3 is 0 Å². The van der Waals surface area contributed by atoms with Crippen LogP contribution in [0.15, 0.2) is 0 Å². The summed E-state index contributed by atoms with van der Waals surface area (Å²) in [5.41, 5.74) is 0.410. The van der Waals surface area contributed by atoms with Crippen molar-refractivity contribution in [2.75, 3.05) is 31.8 Å². The van der Waals surface area contributed by atoms with Crippen molar-refractivity contribution >= 4 is 11.8 Å². The monoisotopic (exact) mass is 245 g/mol. The zero-order chi connectivity index (χ0) is 11.7. The molecule has 96 valence electrons. The van der Waals surface area contributed by atoms with Gasteiger partial charge in [-0.1, -0.05) is 19.8 Å². The summed E-state index contributed by atoms with van der Waals surface area (Å²) in [6.45, 7) is 4.31. The molecule has 0 aromatic carbocycles. The van der Waals surface area contributed by atoms with Crippen molar-refractivity contribution < 1.29 is 4.74 Å². The molecule has 1 saturated carbocycles. The van der Waals surface area contributed by atoms with Gasteiger partial charge < -0.3 is 10.1 Å². The van der Waals surface area contributed by atoms with Crippen molar-refractivity contribution in [3.05, 3.63) is 0 Å². The Morgan fingerprint density at radius 2 is 2.06 bits per heavy atom. The van der Waals surface area contributed by atoms with E-state index in [1.165, 1.54) is 56.6 Å². The second-order valence-corrected chi connectivity index (χ2v) is 6.10. The lowest BCUT2D eigenvalue weighted by Crippen LogP contribution is -2.44.